The first-order chi connectivity index (χ1) is 67.6. The first-order valence-corrected chi connectivity index (χ1v) is 43.5. The number of aromatic nitrogens is 24. The summed E-state index contributed by atoms with van der Waals surface area (Å²) >= 11 is 24.3. The largest absolute Gasteiger partial charge is 0.435 e. The molecule has 0 aliphatic carbocycles. The van der Waals surface area contributed by atoms with Gasteiger partial charge in [-0.2, -0.15) is 39.3 Å². The van der Waals surface area contributed by atoms with E-state index in [1.807, 2.05) is 104 Å². The molecule has 0 bridgehead atoms. The predicted molar refractivity (Wildman–Crippen MR) is 517 cm³/mol. The Morgan fingerprint density at radius 1 is 0.295 bits per heavy atom. The lowest BCUT2D eigenvalue weighted by atomic mass is 10.00. The van der Waals surface area contributed by atoms with Crippen LogP contribution in [0, 0.1) is 42.9 Å². The Hall–Kier alpha value is -17.4. The second kappa shape index (κ2) is 41.6. The van der Waals surface area contributed by atoms with Crippen LogP contribution >= 0.6 is 46.4 Å². The number of ether oxygens (including phenoxy) is 1. The van der Waals surface area contributed by atoms with Gasteiger partial charge in [-0.1, -0.05) is 64.6 Å². The van der Waals surface area contributed by atoms with Crippen LogP contribution in [0.15, 0.2) is 348 Å². The maximum atomic E-state index is 14.2. The van der Waals surface area contributed by atoms with Crippen LogP contribution in [0.3, 0.4) is 0 Å². The Bertz CT molecular complexity index is 8270. The summed E-state index contributed by atoms with van der Waals surface area (Å²) in [6, 6.07) is 66.7. The molecule has 26 nitrogen and oxygen atoms in total. The molecule has 17 aromatic heterocycles. The highest BCUT2D eigenvalue weighted by molar-refractivity contribution is 6.35. The lowest BCUT2D eigenvalue weighted by molar-refractivity contribution is -0.0498. The molecule has 23 rings (SSSR count). The number of anilines is 1. The summed E-state index contributed by atoms with van der Waals surface area (Å²) in [6.45, 7) is 0.596. The molecule has 0 saturated carbocycles. The van der Waals surface area contributed by atoms with Crippen molar-refractivity contribution in [3.05, 3.63) is 409 Å². The standard InChI is InChI=1S/C18H12F2N4O.C17H10Cl2N4.C17H9ClF2N4.C17H10ClFN4.C17H12FN5.C16H13FN4/c19-18(20)25-13-4-1-3-12(11-13)17-14(5-2-8-21-17)15-7-10-24-16(23-15)6-9-22-24;18-11-3-4-14(19)13(10-11)17-12(2-1-7-20-17)15-6-9-23-16(22-15)5-8-21-23;18-12-8-11(13(19)9-14(12)20)17-10(2-1-5-21-17)15-4-7-24-16(23-15)3-6-22-24;18-11-3-4-14(19)13(10-11)17-12(2-1-7-20-17)15-6-9-23-16(22-15)5-8-21-23;1-11-7-12(4-5-15(11)18)16-14(3-2-6-19-16)13-8-20-17-21-10-22-23(17)9-13;1-10-9-11(4-5-13(10)17)15-12(3-2-7-19-15)14-6-8-20-16(18)21-14/h1-11,18H;1-10H;1-9H;1-10H;2-10H,1H3;2-9H,1H3,(H2,18,20,21). The van der Waals surface area contributed by atoms with Crippen molar-refractivity contribution in [3.63, 3.8) is 0 Å². The van der Waals surface area contributed by atoms with E-state index in [9.17, 15) is 30.7 Å². The molecular formula is C102H66Cl4F7N25O. The van der Waals surface area contributed by atoms with E-state index in [0.29, 0.717) is 99.8 Å². The lowest BCUT2D eigenvalue weighted by Crippen LogP contribution is -2.02. The van der Waals surface area contributed by atoms with Crippen molar-refractivity contribution >= 4 is 80.7 Å². The fourth-order valence-corrected chi connectivity index (χ4v) is 15.4. The maximum absolute atomic E-state index is 14.2. The topological polar surface area (TPSA) is 302 Å². The van der Waals surface area contributed by atoms with Crippen LogP contribution in [0.5, 0.6) is 5.75 Å². The second-order valence-electron chi connectivity index (χ2n) is 30.2. The molecule has 0 spiro atoms. The number of hydrogen-bond acceptors (Lipinski definition) is 21. The van der Waals surface area contributed by atoms with E-state index in [1.54, 1.807) is 220 Å². The number of aryl methyl sites for hydroxylation is 2. The molecule has 682 valence electrons. The van der Waals surface area contributed by atoms with Gasteiger partial charge >= 0.3 is 6.61 Å². The Balaban J connectivity index is 0.000000111. The van der Waals surface area contributed by atoms with E-state index in [1.165, 1.54) is 55.0 Å². The van der Waals surface area contributed by atoms with Gasteiger partial charge in [-0.3, -0.25) is 29.9 Å². The van der Waals surface area contributed by atoms with E-state index in [4.69, 9.17) is 52.1 Å². The van der Waals surface area contributed by atoms with E-state index >= 15 is 0 Å². The Morgan fingerprint density at radius 2 is 0.705 bits per heavy atom. The molecule has 23 aromatic rings. The molecule has 0 aliphatic heterocycles. The van der Waals surface area contributed by atoms with Crippen LogP contribution < -0.4 is 10.5 Å². The molecule has 6 aromatic carbocycles. The molecule has 0 amide bonds. The third-order valence-electron chi connectivity index (χ3n) is 21.2. The fraction of sp³-hybridized carbons (Fsp3) is 0.0294. The highest BCUT2D eigenvalue weighted by Gasteiger charge is 2.23. The van der Waals surface area contributed by atoms with Gasteiger partial charge in [0.05, 0.1) is 97.5 Å². The highest BCUT2D eigenvalue weighted by atomic mass is 35.5. The quantitative estimate of drug-likeness (QED) is 0.0781. The van der Waals surface area contributed by atoms with Gasteiger partial charge < -0.3 is 10.5 Å². The van der Waals surface area contributed by atoms with Gasteiger partial charge in [0.25, 0.3) is 5.78 Å². The summed E-state index contributed by atoms with van der Waals surface area (Å²) in [5, 5.41) is 22.1. The van der Waals surface area contributed by atoms with Crippen LogP contribution in [-0.2, 0) is 0 Å². The van der Waals surface area contributed by atoms with Crippen LogP contribution in [-0.4, -0.2) is 124 Å². The number of benzene rings is 6. The predicted octanol–water partition coefficient (Wildman–Crippen LogP) is 24.0. The van der Waals surface area contributed by atoms with E-state index in [0.717, 1.165) is 90.3 Å². The average Bonchev–Trinajstić information content (AvgIpc) is 1.65. The van der Waals surface area contributed by atoms with Gasteiger partial charge in [-0.05, 0) is 213 Å². The number of nitrogen functional groups attached to an aromatic ring is 1. The molecule has 37 heteroatoms. The number of rotatable bonds is 14. The number of hydrogen-bond donors (Lipinski definition) is 1. The van der Waals surface area contributed by atoms with E-state index < -0.39 is 18.2 Å². The Labute approximate surface area is 804 Å². The fourth-order valence-electron chi connectivity index (χ4n) is 14.7. The van der Waals surface area contributed by atoms with Crippen LogP contribution in [0.25, 0.3) is 163 Å². The first-order valence-electron chi connectivity index (χ1n) is 42.0. The lowest BCUT2D eigenvalue weighted by Gasteiger charge is -2.10. The maximum Gasteiger partial charge on any atom is 0.387 e. The molecule has 0 atom stereocenters. The summed E-state index contributed by atoms with van der Waals surface area (Å²) in [6.07, 6.45) is 30.5. The molecule has 0 aliphatic rings. The molecule has 0 radical (unpaired) electrons. The van der Waals surface area contributed by atoms with Crippen molar-refractivity contribution in [2.45, 2.75) is 20.5 Å². The number of nitrogens with two attached hydrogens (primary N) is 1. The number of halogens is 11. The molecular weight excluding hydrogens is 1870 g/mol. The van der Waals surface area contributed by atoms with E-state index in [-0.39, 0.29) is 39.7 Å². The third kappa shape index (κ3) is 21.1. The summed E-state index contributed by atoms with van der Waals surface area (Å²) in [5.41, 5.74) is 26.1. The molecule has 17 heterocycles. The van der Waals surface area contributed by atoms with Crippen molar-refractivity contribution in [1.82, 2.24) is 118 Å². The Kier molecular flexibility index (Phi) is 27.6. The van der Waals surface area contributed by atoms with Crippen molar-refractivity contribution < 1.29 is 35.5 Å². The normalized spacial score (nSPS) is 11.0. The number of fused-ring (bicyclic) bond motifs is 5. The highest BCUT2D eigenvalue weighted by Crippen LogP contribution is 2.41. The molecule has 0 unspecified atom stereocenters. The van der Waals surface area contributed by atoms with Gasteiger partial charge in [0.1, 0.15) is 41.2 Å². The minimum absolute atomic E-state index is 0.0864. The van der Waals surface area contributed by atoms with Gasteiger partial charge in [-0.15, -0.1) is 0 Å². The zero-order chi connectivity index (χ0) is 96.2. The average molecular weight is 1930 g/mol. The molecule has 2 N–H and O–H groups in total. The monoisotopic (exact) mass is 1930 g/mol. The third-order valence-corrected chi connectivity index (χ3v) is 22.3. The molecule has 0 saturated heterocycles. The summed E-state index contributed by atoms with van der Waals surface area (Å²) in [5.74, 6) is -1.55. The van der Waals surface area contributed by atoms with Crippen LogP contribution in [0.4, 0.5) is 36.7 Å². The first kappa shape index (κ1) is 92.1. The summed E-state index contributed by atoms with van der Waals surface area (Å²) < 4.78 is 107. The smallest absolute Gasteiger partial charge is 0.387 e. The summed E-state index contributed by atoms with van der Waals surface area (Å²) in [4.78, 5) is 61.0. The van der Waals surface area contributed by atoms with Gasteiger partial charge in [-0.25, -0.2) is 79.4 Å². The van der Waals surface area contributed by atoms with Crippen molar-refractivity contribution in [2.24, 2.45) is 0 Å². The van der Waals surface area contributed by atoms with Gasteiger partial charge in [0.2, 0.25) is 5.95 Å². The molecule has 139 heavy (non-hydrogen) atoms. The van der Waals surface area contributed by atoms with Crippen molar-refractivity contribution in [1.29, 1.82) is 0 Å². The zero-order valence-corrected chi connectivity index (χ0v) is 75.4. The SMILES string of the molecule is Cc1cc(-c2ncccc2-c2ccnc(N)n2)ccc1F.Cc1cc(-c2ncccc2-c2cnc3ncnn3c2)ccc1F.Clc1ccc(Cl)c(-c2ncccc2-c2ccn3nccc3n2)c1.FC(F)Oc1cccc(-c2ncccc2-c2ccn3nccc3n2)c1.Fc1cc(F)c(-c2ncccc2-c2ccn3nccc3n2)cc1Cl.Fc1ccc(Cl)cc1-c1ncccc1-c1ccn2nccc2n1. The number of nitrogens with zero attached hydrogens (tertiary/aromatic N) is 24. The van der Waals surface area contributed by atoms with Gasteiger partial charge in [0, 0.05) is 193 Å². The minimum Gasteiger partial charge on any atom is -0.435 e. The minimum atomic E-state index is -2.87. The van der Waals surface area contributed by atoms with Crippen molar-refractivity contribution in [2.75, 3.05) is 5.73 Å². The second-order valence-corrected chi connectivity index (χ2v) is 31.8. The summed E-state index contributed by atoms with van der Waals surface area (Å²) in [7, 11) is 0. The Morgan fingerprint density at radius 3 is 1.17 bits per heavy atom. The van der Waals surface area contributed by atoms with E-state index in [2.05, 4.69) is 100 Å². The van der Waals surface area contributed by atoms with Crippen molar-refractivity contribution in [3.8, 4) is 141 Å². The number of alkyl halides is 2. The van der Waals surface area contributed by atoms with Crippen LogP contribution in [0.2, 0.25) is 20.1 Å². The zero-order valence-electron chi connectivity index (χ0n) is 72.4. The number of pyridine rings is 6. The van der Waals surface area contributed by atoms with Gasteiger partial charge in [0.15, 0.2) is 22.6 Å². The molecule has 0 fully saturated rings. The van der Waals surface area contributed by atoms with Crippen LogP contribution in [0.1, 0.15) is 11.1 Å².